The van der Waals surface area contributed by atoms with Crippen molar-refractivity contribution in [2.75, 3.05) is 7.11 Å². The van der Waals surface area contributed by atoms with Crippen LogP contribution in [0.5, 0.6) is 0 Å². The lowest BCUT2D eigenvalue weighted by atomic mass is 10.0. The first-order valence-electron chi connectivity index (χ1n) is 9.72. The highest BCUT2D eigenvalue weighted by molar-refractivity contribution is 6.13. The van der Waals surface area contributed by atoms with Gasteiger partial charge in [-0.3, -0.25) is 9.69 Å². The number of hydrogen-bond acceptors (Lipinski definition) is 7. The van der Waals surface area contributed by atoms with Crippen molar-refractivity contribution in [3.05, 3.63) is 76.6 Å². The Balaban J connectivity index is 1.51. The Morgan fingerprint density at radius 1 is 1.12 bits per heavy atom. The van der Waals surface area contributed by atoms with Crippen molar-refractivity contribution in [1.82, 2.24) is 10.2 Å². The second kappa shape index (κ2) is 8.50. The Morgan fingerprint density at radius 2 is 1.91 bits per heavy atom. The predicted molar refractivity (Wildman–Crippen MR) is 113 cm³/mol. The molecule has 3 amide bonds. The maximum atomic E-state index is 12.7. The van der Waals surface area contributed by atoms with Crippen LogP contribution in [0.3, 0.4) is 0 Å². The van der Waals surface area contributed by atoms with Crippen LogP contribution < -0.4 is 5.32 Å². The number of carboxylic acid groups (broad SMARTS) is 1. The van der Waals surface area contributed by atoms with Crippen molar-refractivity contribution in [2.45, 2.75) is 13.5 Å². The highest BCUT2D eigenvalue weighted by atomic mass is 16.5. The summed E-state index contributed by atoms with van der Waals surface area (Å²) in [6, 6.07) is 10.2. The summed E-state index contributed by atoms with van der Waals surface area (Å²) >= 11 is 0. The molecule has 1 aliphatic rings. The fraction of sp³-hybridized carbons (Fsp3) is 0.130. The first kappa shape index (κ1) is 21.6. The van der Waals surface area contributed by atoms with Gasteiger partial charge in [0.2, 0.25) is 5.76 Å². The van der Waals surface area contributed by atoms with E-state index in [9.17, 15) is 19.2 Å². The summed E-state index contributed by atoms with van der Waals surface area (Å²) in [6.45, 7) is 1.60. The number of aryl methyl sites for hydroxylation is 1. The molecule has 1 aliphatic heterocycles. The molecule has 1 saturated heterocycles. The van der Waals surface area contributed by atoms with Gasteiger partial charge in [-0.25, -0.2) is 14.4 Å². The zero-order valence-electron chi connectivity index (χ0n) is 17.6. The Morgan fingerprint density at radius 3 is 2.61 bits per heavy atom. The Labute approximate surface area is 187 Å². The van der Waals surface area contributed by atoms with Gasteiger partial charge in [-0.15, -0.1) is 0 Å². The SMILES string of the molecule is COC(=O)c1ccc(CN2C(=O)NC(=Cc3ccc(-c4ccc(C(=O)O)cc4C)o3)C2=O)o1. The molecule has 33 heavy (non-hydrogen) atoms. The monoisotopic (exact) mass is 450 g/mol. The van der Waals surface area contributed by atoms with Crippen molar-refractivity contribution in [2.24, 2.45) is 0 Å². The molecule has 0 saturated carbocycles. The van der Waals surface area contributed by atoms with Gasteiger partial charge in [0.1, 0.15) is 23.0 Å². The smallest absolute Gasteiger partial charge is 0.373 e. The van der Waals surface area contributed by atoms with Crippen LogP contribution in [0.1, 0.15) is 38.0 Å². The van der Waals surface area contributed by atoms with Crippen LogP contribution in [0.25, 0.3) is 17.4 Å². The summed E-state index contributed by atoms with van der Waals surface area (Å²) in [5.74, 6) is -1.27. The number of esters is 1. The molecule has 10 nitrogen and oxygen atoms in total. The molecule has 10 heteroatoms. The van der Waals surface area contributed by atoms with Crippen molar-refractivity contribution >= 4 is 30.0 Å². The summed E-state index contributed by atoms with van der Waals surface area (Å²) in [5.41, 5.74) is 1.59. The minimum Gasteiger partial charge on any atom is -0.478 e. The lowest BCUT2D eigenvalue weighted by Crippen LogP contribution is -2.30. The number of rotatable bonds is 6. The van der Waals surface area contributed by atoms with E-state index in [0.717, 1.165) is 4.90 Å². The third kappa shape index (κ3) is 4.26. The normalized spacial score (nSPS) is 14.6. The fourth-order valence-corrected chi connectivity index (χ4v) is 3.33. The molecule has 0 atom stereocenters. The summed E-state index contributed by atoms with van der Waals surface area (Å²) in [5, 5.41) is 11.6. The number of nitrogens with one attached hydrogen (secondary N) is 1. The van der Waals surface area contributed by atoms with Crippen molar-refractivity contribution in [3.8, 4) is 11.3 Å². The lowest BCUT2D eigenvalue weighted by molar-refractivity contribution is -0.123. The largest absolute Gasteiger partial charge is 0.478 e. The standard InChI is InChI=1S/C23H18N2O8/c1-12-9-13(21(27)28)3-6-16(12)18-7-4-14(32-18)10-17-20(26)25(23(30)24-17)11-15-5-8-19(33-15)22(29)31-2/h3-10H,11H2,1-2H3,(H,24,30)(H,27,28). The number of hydrogen-bond donors (Lipinski definition) is 2. The van der Waals surface area contributed by atoms with Gasteiger partial charge in [0.25, 0.3) is 5.91 Å². The maximum Gasteiger partial charge on any atom is 0.373 e. The van der Waals surface area contributed by atoms with E-state index in [1.165, 1.54) is 37.5 Å². The molecule has 2 N–H and O–H groups in total. The lowest BCUT2D eigenvalue weighted by Gasteiger charge is -2.09. The van der Waals surface area contributed by atoms with Crippen LogP contribution in [0, 0.1) is 6.92 Å². The van der Waals surface area contributed by atoms with Crippen LogP contribution in [-0.2, 0) is 16.1 Å². The summed E-state index contributed by atoms with van der Waals surface area (Å²) < 4.78 is 15.7. The van der Waals surface area contributed by atoms with Gasteiger partial charge in [0.15, 0.2) is 0 Å². The van der Waals surface area contributed by atoms with E-state index < -0.39 is 23.9 Å². The molecule has 1 aromatic carbocycles. The molecular weight excluding hydrogens is 432 g/mol. The van der Waals surface area contributed by atoms with E-state index in [0.29, 0.717) is 22.6 Å². The molecular formula is C23H18N2O8. The van der Waals surface area contributed by atoms with Crippen LogP contribution in [0.15, 0.2) is 57.0 Å². The molecule has 0 radical (unpaired) electrons. The number of nitrogens with zero attached hydrogens (tertiary/aromatic N) is 1. The van der Waals surface area contributed by atoms with Gasteiger partial charge in [-0.1, -0.05) is 6.07 Å². The van der Waals surface area contributed by atoms with Crippen molar-refractivity contribution < 1.29 is 37.9 Å². The summed E-state index contributed by atoms with van der Waals surface area (Å²) in [4.78, 5) is 48.5. The van der Waals surface area contributed by atoms with E-state index in [1.807, 2.05) is 0 Å². The average Bonchev–Trinajstić information content (AvgIpc) is 3.50. The second-order valence-corrected chi connectivity index (χ2v) is 7.17. The predicted octanol–water partition coefficient (Wildman–Crippen LogP) is 3.43. The Bertz CT molecular complexity index is 1310. The van der Waals surface area contributed by atoms with Crippen LogP contribution in [0.4, 0.5) is 4.79 Å². The Kier molecular flexibility index (Phi) is 5.57. The number of carbonyl (C=O) groups excluding carboxylic acids is 3. The van der Waals surface area contributed by atoms with Gasteiger partial charge in [0, 0.05) is 11.6 Å². The van der Waals surface area contributed by atoms with E-state index in [-0.39, 0.29) is 29.3 Å². The molecule has 168 valence electrons. The highest BCUT2D eigenvalue weighted by Crippen LogP contribution is 2.28. The molecule has 2 aromatic heterocycles. The summed E-state index contributed by atoms with van der Waals surface area (Å²) in [6.07, 6.45) is 1.40. The zero-order valence-corrected chi connectivity index (χ0v) is 17.6. The fourth-order valence-electron chi connectivity index (χ4n) is 3.33. The first-order chi connectivity index (χ1) is 15.8. The third-order valence-corrected chi connectivity index (χ3v) is 4.98. The number of carboxylic acids is 1. The van der Waals surface area contributed by atoms with E-state index in [2.05, 4.69) is 10.1 Å². The number of methoxy groups -OCH3 is 1. The van der Waals surface area contributed by atoms with E-state index in [4.69, 9.17) is 13.9 Å². The van der Waals surface area contributed by atoms with Crippen LogP contribution >= 0.6 is 0 Å². The number of ether oxygens (including phenoxy) is 1. The summed E-state index contributed by atoms with van der Waals surface area (Å²) in [7, 11) is 1.21. The van der Waals surface area contributed by atoms with Crippen molar-refractivity contribution in [1.29, 1.82) is 0 Å². The number of amides is 3. The average molecular weight is 450 g/mol. The van der Waals surface area contributed by atoms with Gasteiger partial charge < -0.3 is 24.0 Å². The molecule has 4 rings (SSSR count). The highest BCUT2D eigenvalue weighted by Gasteiger charge is 2.34. The first-order valence-corrected chi connectivity index (χ1v) is 9.72. The molecule has 1 fully saturated rings. The van der Waals surface area contributed by atoms with Crippen molar-refractivity contribution in [3.63, 3.8) is 0 Å². The van der Waals surface area contributed by atoms with Crippen LogP contribution in [0.2, 0.25) is 0 Å². The quantitative estimate of drug-likeness (QED) is 0.331. The van der Waals surface area contributed by atoms with Crippen LogP contribution in [-0.4, -0.2) is 41.0 Å². The van der Waals surface area contributed by atoms with Gasteiger partial charge in [-0.05, 0) is 48.9 Å². The van der Waals surface area contributed by atoms with E-state index >= 15 is 0 Å². The van der Waals surface area contributed by atoms with Gasteiger partial charge in [0.05, 0.1) is 19.2 Å². The third-order valence-electron chi connectivity index (χ3n) is 4.98. The minimum absolute atomic E-state index is 0.0126. The number of carbonyl (C=O) groups is 4. The zero-order chi connectivity index (χ0) is 23.7. The molecule has 3 heterocycles. The molecule has 0 spiro atoms. The maximum absolute atomic E-state index is 12.7. The number of benzene rings is 1. The Hall–Kier alpha value is -4.60. The molecule has 0 unspecified atom stereocenters. The topological polar surface area (TPSA) is 139 Å². The number of urea groups is 1. The van der Waals surface area contributed by atoms with Gasteiger partial charge >= 0.3 is 18.0 Å². The second-order valence-electron chi connectivity index (χ2n) is 7.17. The molecule has 3 aromatic rings. The number of furan rings is 2. The van der Waals surface area contributed by atoms with Gasteiger partial charge in [-0.2, -0.15) is 0 Å². The minimum atomic E-state index is -1.02. The molecule has 0 aliphatic carbocycles. The number of imide groups is 1. The number of aromatic carboxylic acids is 1. The van der Waals surface area contributed by atoms with E-state index in [1.54, 1.807) is 25.1 Å². The molecule has 0 bridgehead atoms.